The van der Waals surface area contributed by atoms with Crippen LogP contribution < -0.4 is 4.90 Å². The second-order valence-corrected chi connectivity index (χ2v) is 7.05. The fourth-order valence-electron chi connectivity index (χ4n) is 3.10. The van der Waals surface area contributed by atoms with E-state index in [2.05, 4.69) is 4.98 Å². The van der Waals surface area contributed by atoms with Gasteiger partial charge in [0.2, 0.25) is 5.91 Å². The average molecular weight is 405 g/mol. The first-order chi connectivity index (χ1) is 12.9. The lowest BCUT2D eigenvalue weighted by Crippen LogP contribution is -2.33. The molecule has 0 saturated carbocycles. The summed E-state index contributed by atoms with van der Waals surface area (Å²) in [6.45, 7) is 2.48. The second kappa shape index (κ2) is 8.03. The smallest absolute Gasteiger partial charge is 0.352 e. The highest BCUT2D eigenvalue weighted by Gasteiger charge is 2.23. The summed E-state index contributed by atoms with van der Waals surface area (Å²) in [4.78, 5) is 29.2. The van der Waals surface area contributed by atoms with Gasteiger partial charge in [-0.1, -0.05) is 36.2 Å². The number of fused-ring (bicyclic) bond motifs is 1. The number of H-pyrrole nitrogens is 1. The van der Waals surface area contributed by atoms with Crippen molar-refractivity contribution in [2.45, 2.75) is 19.8 Å². The lowest BCUT2D eigenvalue weighted by Gasteiger charge is -2.22. The molecule has 3 aromatic rings. The number of carbonyl (C=O) groups excluding carboxylic acids is 1. The van der Waals surface area contributed by atoms with Gasteiger partial charge in [0.1, 0.15) is 5.69 Å². The first kappa shape index (κ1) is 19.3. The Morgan fingerprint density at radius 1 is 1.11 bits per heavy atom. The molecule has 0 saturated heterocycles. The van der Waals surface area contributed by atoms with E-state index < -0.39 is 5.97 Å². The predicted octanol–water partition coefficient (Wildman–Crippen LogP) is 5.16. The number of hydrogen-bond acceptors (Lipinski definition) is 2. The van der Waals surface area contributed by atoms with Crippen molar-refractivity contribution in [3.05, 3.63) is 63.8 Å². The molecule has 0 spiro atoms. The van der Waals surface area contributed by atoms with Crippen molar-refractivity contribution in [2.75, 3.05) is 11.4 Å². The van der Waals surface area contributed by atoms with Gasteiger partial charge in [-0.05, 0) is 42.8 Å². The molecule has 140 valence electrons. The van der Waals surface area contributed by atoms with Crippen LogP contribution in [0.15, 0.2) is 42.5 Å². The van der Waals surface area contributed by atoms with Crippen LogP contribution in [0.5, 0.6) is 0 Å². The van der Waals surface area contributed by atoms with Crippen molar-refractivity contribution >= 4 is 51.7 Å². The van der Waals surface area contributed by atoms with Gasteiger partial charge in [-0.25, -0.2) is 4.79 Å². The molecule has 0 aliphatic heterocycles. The highest BCUT2D eigenvalue weighted by Crippen LogP contribution is 2.28. The van der Waals surface area contributed by atoms with Crippen LogP contribution in [0.4, 0.5) is 5.69 Å². The van der Waals surface area contributed by atoms with Crippen molar-refractivity contribution in [3.8, 4) is 0 Å². The number of amides is 1. The summed E-state index contributed by atoms with van der Waals surface area (Å²) in [5.41, 5.74) is 1.74. The molecule has 2 aromatic carbocycles. The third-order valence-electron chi connectivity index (χ3n) is 4.28. The van der Waals surface area contributed by atoms with Crippen LogP contribution in [0.3, 0.4) is 0 Å². The predicted molar refractivity (Wildman–Crippen MR) is 108 cm³/mol. The first-order valence-corrected chi connectivity index (χ1v) is 9.25. The maximum absolute atomic E-state index is 13.1. The van der Waals surface area contributed by atoms with Gasteiger partial charge in [-0.15, -0.1) is 0 Å². The summed E-state index contributed by atoms with van der Waals surface area (Å²) >= 11 is 12.1. The Morgan fingerprint density at radius 3 is 2.52 bits per heavy atom. The number of anilines is 1. The normalized spacial score (nSPS) is 10.9. The molecule has 27 heavy (non-hydrogen) atoms. The third kappa shape index (κ3) is 4.10. The highest BCUT2D eigenvalue weighted by atomic mass is 35.5. The molecule has 1 heterocycles. The number of nitrogens with zero attached hydrogens (tertiary/aromatic N) is 1. The zero-order valence-electron chi connectivity index (χ0n) is 14.6. The van der Waals surface area contributed by atoms with E-state index in [0.717, 1.165) is 6.42 Å². The third-order valence-corrected chi connectivity index (χ3v) is 4.75. The van der Waals surface area contributed by atoms with E-state index in [1.54, 1.807) is 41.3 Å². The van der Waals surface area contributed by atoms with Crippen molar-refractivity contribution in [1.82, 2.24) is 4.98 Å². The number of nitrogens with one attached hydrogen (secondary N) is 1. The Labute approximate surface area is 166 Å². The van der Waals surface area contributed by atoms with Crippen molar-refractivity contribution < 1.29 is 14.7 Å². The summed E-state index contributed by atoms with van der Waals surface area (Å²) in [6.07, 6.45) is 0.693. The van der Waals surface area contributed by atoms with Crippen molar-refractivity contribution in [2.24, 2.45) is 0 Å². The fourth-order valence-corrected chi connectivity index (χ4v) is 3.45. The number of carboxylic acid groups (broad SMARTS) is 1. The summed E-state index contributed by atoms with van der Waals surface area (Å²) < 4.78 is 0. The van der Waals surface area contributed by atoms with Crippen LogP contribution in [0.2, 0.25) is 10.0 Å². The maximum Gasteiger partial charge on any atom is 0.352 e. The van der Waals surface area contributed by atoms with Crippen molar-refractivity contribution in [1.29, 1.82) is 0 Å². The van der Waals surface area contributed by atoms with Gasteiger partial charge in [-0.2, -0.15) is 0 Å². The van der Waals surface area contributed by atoms with Crippen LogP contribution in [0.25, 0.3) is 10.9 Å². The molecular weight excluding hydrogens is 387 g/mol. The molecule has 2 N–H and O–H groups in total. The number of carboxylic acids is 1. The molecule has 0 bridgehead atoms. The fraction of sp³-hybridized carbons (Fsp3) is 0.200. The van der Waals surface area contributed by atoms with Gasteiger partial charge in [0.25, 0.3) is 0 Å². The topological polar surface area (TPSA) is 73.4 Å². The zero-order chi connectivity index (χ0) is 19.6. The number of aromatic amines is 1. The number of aromatic carboxylic acids is 1. The van der Waals surface area contributed by atoms with E-state index in [9.17, 15) is 14.7 Å². The molecule has 0 aliphatic carbocycles. The van der Waals surface area contributed by atoms with Gasteiger partial charge >= 0.3 is 5.97 Å². The average Bonchev–Trinajstić information content (AvgIpc) is 2.97. The Bertz CT molecular complexity index is 1010. The molecule has 0 unspecified atom stereocenters. The number of rotatable bonds is 6. The number of carbonyl (C=O) groups is 2. The zero-order valence-corrected chi connectivity index (χ0v) is 16.1. The number of benzene rings is 2. The maximum atomic E-state index is 13.1. The summed E-state index contributed by atoms with van der Waals surface area (Å²) in [6, 6.07) is 12.1. The van der Waals surface area contributed by atoms with Gasteiger partial charge in [-0.3, -0.25) is 4.79 Å². The van der Waals surface area contributed by atoms with Crippen LogP contribution in [-0.2, 0) is 11.2 Å². The molecule has 0 aliphatic rings. The largest absolute Gasteiger partial charge is 0.477 e. The minimum atomic E-state index is -1.12. The van der Waals surface area contributed by atoms with Crippen molar-refractivity contribution in [3.63, 3.8) is 0 Å². The molecular formula is C20H18Cl2N2O3. The van der Waals surface area contributed by atoms with E-state index in [-0.39, 0.29) is 18.0 Å². The van der Waals surface area contributed by atoms with Gasteiger partial charge < -0.3 is 15.0 Å². The lowest BCUT2D eigenvalue weighted by atomic mass is 10.1. The molecule has 0 fully saturated rings. The minimum Gasteiger partial charge on any atom is -0.477 e. The Hall–Kier alpha value is -2.50. The van der Waals surface area contributed by atoms with Gasteiger partial charge in [0, 0.05) is 38.7 Å². The lowest BCUT2D eigenvalue weighted by molar-refractivity contribution is -0.118. The Kier molecular flexibility index (Phi) is 5.73. The first-order valence-electron chi connectivity index (χ1n) is 8.50. The van der Waals surface area contributed by atoms with Gasteiger partial charge in [0.15, 0.2) is 0 Å². The number of hydrogen-bond donors (Lipinski definition) is 2. The molecule has 7 heteroatoms. The quantitative estimate of drug-likeness (QED) is 0.595. The second-order valence-electron chi connectivity index (χ2n) is 6.18. The molecule has 0 atom stereocenters. The number of halogens is 2. The SMILES string of the molecule is CCCN(C(=O)Cc1c(C(=O)O)[nH]c2ccc(Cl)cc12)c1cccc(Cl)c1. The Morgan fingerprint density at radius 2 is 1.85 bits per heavy atom. The molecule has 1 aromatic heterocycles. The summed E-state index contributed by atoms with van der Waals surface area (Å²) in [5.74, 6) is -1.32. The van der Waals surface area contributed by atoms with E-state index in [4.69, 9.17) is 23.2 Å². The number of aromatic nitrogens is 1. The van der Waals surface area contributed by atoms with E-state index in [0.29, 0.717) is 38.7 Å². The van der Waals surface area contributed by atoms with Gasteiger partial charge in [0.05, 0.1) is 6.42 Å². The van der Waals surface area contributed by atoms with E-state index >= 15 is 0 Å². The Balaban J connectivity index is 2.02. The molecule has 1 amide bonds. The summed E-state index contributed by atoms with van der Waals surface area (Å²) in [5, 5.41) is 11.2. The minimum absolute atomic E-state index is 0.00293. The molecule has 3 rings (SSSR count). The molecule has 0 radical (unpaired) electrons. The highest BCUT2D eigenvalue weighted by molar-refractivity contribution is 6.31. The van der Waals surface area contributed by atoms with E-state index in [1.807, 2.05) is 13.0 Å². The van der Waals surface area contributed by atoms with E-state index in [1.165, 1.54) is 0 Å². The van der Waals surface area contributed by atoms with Crippen LogP contribution in [0.1, 0.15) is 29.4 Å². The van der Waals surface area contributed by atoms with Crippen LogP contribution in [0, 0.1) is 0 Å². The molecule has 5 nitrogen and oxygen atoms in total. The monoisotopic (exact) mass is 404 g/mol. The van der Waals surface area contributed by atoms with Crippen LogP contribution in [-0.4, -0.2) is 28.5 Å². The summed E-state index contributed by atoms with van der Waals surface area (Å²) in [7, 11) is 0. The standard InChI is InChI=1S/C20H18Cl2N2O3/c1-2-8-24(14-5-3-4-12(21)9-14)18(25)11-16-15-10-13(22)6-7-17(15)23-19(16)20(26)27/h3-7,9-10,23H,2,8,11H2,1H3,(H,26,27). The van der Waals surface area contributed by atoms with Crippen LogP contribution >= 0.6 is 23.2 Å².